The van der Waals surface area contributed by atoms with E-state index < -0.39 is 7.14 Å². The van der Waals surface area contributed by atoms with E-state index in [0.29, 0.717) is 0 Å². The molecule has 0 bridgehead atoms. The van der Waals surface area contributed by atoms with Crippen LogP contribution in [0, 0.1) is 0 Å². The Morgan fingerprint density at radius 3 is 1.67 bits per heavy atom. The standard InChI is InChI=1S/C47H31N2OP/c50-51(38-11-3-1-4-12-38,39-13-5-2-6-14-39)40-27-25-35-29-34(23-24-36(35)30-40)32-19-21-33(22-20-32)37-26-28-42-43(31-37)41-15-7-9-17-45(41)49-46-18-10-8-16-44(46)48-47(42)49/h1-31H. The van der Waals surface area contributed by atoms with Gasteiger partial charge in [0, 0.05) is 26.7 Å². The summed E-state index contributed by atoms with van der Waals surface area (Å²) in [5, 5.41) is 8.28. The van der Waals surface area contributed by atoms with Gasteiger partial charge >= 0.3 is 0 Å². The predicted molar refractivity (Wildman–Crippen MR) is 215 cm³/mol. The smallest absolute Gasteiger partial charge is 0.171 e. The number of aromatic nitrogens is 2. The van der Waals surface area contributed by atoms with Crippen molar-refractivity contribution in [1.29, 1.82) is 0 Å². The molecule has 240 valence electrons. The molecule has 2 heterocycles. The van der Waals surface area contributed by atoms with Gasteiger partial charge in [-0.05, 0) is 80.9 Å². The highest BCUT2D eigenvalue weighted by atomic mass is 31.2. The van der Waals surface area contributed by atoms with Crippen LogP contribution in [-0.4, -0.2) is 9.38 Å². The molecule has 3 nitrogen and oxygen atoms in total. The Labute approximate surface area is 295 Å². The number of imidazole rings is 1. The van der Waals surface area contributed by atoms with E-state index in [0.717, 1.165) is 65.4 Å². The minimum Gasteiger partial charge on any atom is -0.309 e. The van der Waals surface area contributed by atoms with E-state index in [1.54, 1.807) is 0 Å². The lowest BCUT2D eigenvalue weighted by Crippen LogP contribution is -2.24. The van der Waals surface area contributed by atoms with Crippen LogP contribution >= 0.6 is 7.14 Å². The van der Waals surface area contributed by atoms with Gasteiger partial charge < -0.3 is 4.57 Å². The summed E-state index contributed by atoms with van der Waals surface area (Å²) in [6, 6.07) is 65.0. The molecule has 0 saturated heterocycles. The number of pyridine rings is 1. The topological polar surface area (TPSA) is 34.4 Å². The number of nitrogens with zero attached hydrogens (tertiary/aromatic N) is 2. The van der Waals surface area contributed by atoms with Crippen molar-refractivity contribution in [2.75, 3.05) is 0 Å². The molecule has 0 atom stereocenters. The Hall–Kier alpha value is -6.28. The number of para-hydroxylation sites is 3. The van der Waals surface area contributed by atoms with Crippen LogP contribution in [0.1, 0.15) is 0 Å². The second kappa shape index (κ2) is 11.7. The summed E-state index contributed by atoms with van der Waals surface area (Å²) in [5.41, 5.74) is 8.91. The van der Waals surface area contributed by atoms with Gasteiger partial charge in [-0.15, -0.1) is 0 Å². The van der Waals surface area contributed by atoms with Crippen LogP contribution in [0.3, 0.4) is 0 Å². The minimum absolute atomic E-state index is 0.842. The molecule has 0 fully saturated rings. The van der Waals surface area contributed by atoms with Crippen LogP contribution in [0.5, 0.6) is 0 Å². The first-order valence-corrected chi connectivity index (χ1v) is 18.9. The number of fused-ring (bicyclic) bond motifs is 9. The zero-order valence-corrected chi connectivity index (χ0v) is 28.5. The lowest BCUT2D eigenvalue weighted by atomic mass is 9.96. The van der Waals surface area contributed by atoms with Gasteiger partial charge in [0.2, 0.25) is 0 Å². The van der Waals surface area contributed by atoms with E-state index in [1.807, 2.05) is 72.8 Å². The maximum absolute atomic E-state index is 14.9. The van der Waals surface area contributed by atoms with E-state index in [2.05, 4.69) is 120 Å². The summed E-state index contributed by atoms with van der Waals surface area (Å²) in [4.78, 5) is 5.06. The van der Waals surface area contributed by atoms with E-state index in [1.165, 1.54) is 21.9 Å². The molecule has 8 aromatic carbocycles. The SMILES string of the molecule is O=P(c1ccccc1)(c1ccccc1)c1ccc2cc(-c3ccc(-c4ccc5c(c4)c4ccccc4n4c6ccccc6nc54)cc3)ccc2c1. The average Bonchev–Trinajstić information content (AvgIpc) is 3.61. The molecule has 0 radical (unpaired) electrons. The van der Waals surface area contributed by atoms with Crippen molar-refractivity contribution in [3.8, 4) is 22.3 Å². The summed E-state index contributed by atoms with van der Waals surface area (Å²) in [6.45, 7) is 0. The summed E-state index contributed by atoms with van der Waals surface area (Å²) in [6.07, 6.45) is 0. The van der Waals surface area contributed by atoms with Gasteiger partial charge in [-0.1, -0.05) is 146 Å². The average molecular weight is 671 g/mol. The third-order valence-corrected chi connectivity index (χ3v) is 13.3. The quantitative estimate of drug-likeness (QED) is 0.135. The summed E-state index contributed by atoms with van der Waals surface area (Å²) < 4.78 is 17.2. The van der Waals surface area contributed by atoms with Gasteiger partial charge in [-0.2, -0.15) is 0 Å². The van der Waals surface area contributed by atoms with Crippen LogP contribution in [0.2, 0.25) is 0 Å². The van der Waals surface area contributed by atoms with Crippen molar-refractivity contribution in [3.05, 3.63) is 188 Å². The third kappa shape index (κ3) is 4.74. The molecular weight excluding hydrogens is 640 g/mol. The summed E-state index contributed by atoms with van der Waals surface area (Å²) in [5.74, 6) is 0. The van der Waals surface area contributed by atoms with Crippen LogP contribution in [0.25, 0.3) is 71.4 Å². The Balaban J connectivity index is 1.01. The van der Waals surface area contributed by atoms with E-state index in [-0.39, 0.29) is 0 Å². The van der Waals surface area contributed by atoms with E-state index in [4.69, 9.17) is 4.98 Å². The first-order chi connectivity index (χ1) is 25.1. The maximum Gasteiger partial charge on any atom is 0.171 e. The van der Waals surface area contributed by atoms with Crippen molar-refractivity contribution < 1.29 is 4.57 Å². The highest BCUT2D eigenvalue weighted by Gasteiger charge is 2.29. The molecule has 4 heteroatoms. The van der Waals surface area contributed by atoms with Crippen LogP contribution < -0.4 is 15.9 Å². The molecule has 0 aliphatic heterocycles. The largest absolute Gasteiger partial charge is 0.309 e. The highest BCUT2D eigenvalue weighted by Crippen LogP contribution is 2.43. The Morgan fingerprint density at radius 1 is 0.392 bits per heavy atom. The highest BCUT2D eigenvalue weighted by molar-refractivity contribution is 7.85. The lowest BCUT2D eigenvalue weighted by Gasteiger charge is -2.20. The van der Waals surface area contributed by atoms with Gasteiger partial charge in [0.05, 0.1) is 16.6 Å². The molecule has 0 N–H and O–H groups in total. The van der Waals surface area contributed by atoms with Crippen molar-refractivity contribution in [2.45, 2.75) is 0 Å². The molecule has 0 aliphatic rings. The maximum atomic E-state index is 14.9. The number of hydrogen-bond acceptors (Lipinski definition) is 2. The van der Waals surface area contributed by atoms with Gasteiger partial charge in [0.15, 0.2) is 7.14 Å². The fourth-order valence-corrected chi connectivity index (χ4v) is 10.4. The second-order valence-electron chi connectivity index (χ2n) is 13.1. The predicted octanol–water partition coefficient (Wildman–Crippen LogP) is 10.9. The minimum atomic E-state index is -3.04. The molecule has 0 aliphatic carbocycles. The Morgan fingerprint density at radius 2 is 0.941 bits per heavy atom. The molecule has 51 heavy (non-hydrogen) atoms. The van der Waals surface area contributed by atoms with Gasteiger partial charge in [-0.3, -0.25) is 4.40 Å². The molecule has 10 rings (SSSR count). The zero-order valence-electron chi connectivity index (χ0n) is 27.6. The fraction of sp³-hybridized carbons (Fsp3) is 0. The van der Waals surface area contributed by atoms with Crippen molar-refractivity contribution in [1.82, 2.24) is 9.38 Å². The van der Waals surface area contributed by atoms with Gasteiger partial charge in [0.1, 0.15) is 5.65 Å². The summed E-state index contributed by atoms with van der Waals surface area (Å²) >= 11 is 0. The number of rotatable bonds is 5. The van der Waals surface area contributed by atoms with E-state index >= 15 is 0 Å². The number of hydrogen-bond donors (Lipinski definition) is 0. The zero-order chi connectivity index (χ0) is 33.9. The van der Waals surface area contributed by atoms with Gasteiger partial charge in [0.25, 0.3) is 0 Å². The summed E-state index contributed by atoms with van der Waals surface area (Å²) in [7, 11) is -3.04. The normalized spacial score (nSPS) is 12.0. The van der Waals surface area contributed by atoms with Crippen molar-refractivity contribution in [2.24, 2.45) is 0 Å². The van der Waals surface area contributed by atoms with Crippen molar-refractivity contribution >= 4 is 72.2 Å². The van der Waals surface area contributed by atoms with Gasteiger partial charge in [-0.25, -0.2) is 4.98 Å². The second-order valence-corrected chi connectivity index (χ2v) is 15.9. The van der Waals surface area contributed by atoms with E-state index in [9.17, 15) is 4.57 Å². The lowest BCUT2D eigenvalue weighted by molar-refractivity contribution is 0.592. The first kappa shape index (κ1) is 29.6. The number of benzene rings is 8. The van der Waals surface area contributed by atoms with Crippen LogP contribution in [-0.2, 0) is 4.57 Å². The first-order valence-electron chi connectivity index (χ1n) is 17.2. The molecule has 2 aromatic heterocycles. The Bertz CT molecular complexity index is 2940. The molecule has 0 unspecified atom stereocenters. The van der Waals surface area contributed by atoms with Crippen molar-refractivity contribution in [3.63, 3.8) is 0 Å². The molecule has 0 spiro atoms. The molecule has 0 amide bonds. The third-order valence-electron chi connectivity index (χ3n) is 10.2. The molecule has 0 saturated carbocycles. The molecule has 10 aromatic rings. The van der Waals surface area contributed by atoms with Crippen LogP contribution in [0.15, 0.2) is 188 Å². The fourth-order valence-electron chi connectivity index (χ4n) is 7.68. The monoisotopic (exact) mass is 670 g/mol. The van der Waals surface area contributed by atoms with Crippen LogP contribution in [0.4, 0.5) is 0 Å². The molecular formula is C47H31N2OP. The Kier molecular flexibility index (Phi) is 6.77.